The van der Waals surface area contributed by atoms with E-state index in [1.807, 2.05) is 65.8 Å². The SMILES string of the molecule is C[C@@H]1OC(C)(C)O[C@@H]1[C@H](CC(=O)OC(C)(C)C)N(Cc1ccccc1)[C@@H](C)c1ccccc1. The predicted molar refractivity (Wildman–Crippen MR) is 131 cm³/mol. The molecule has 1 fully saturated rings. The summed E-state index contributed by atoms with van der Waals surface area (Å²) in [5, 5.41) is 0. The van der Waals surface area contributed by atoms with Crippen molar-refractivity contribution >= 4 is 5.97 Å². The number of rotatable bonds is 8. The molecule has 2 aromatic carbocycles. The second kappa shape index (κ2) is 10.4. The zero-order chi connectivity index (χ0) is 24.2. The van der Waals surface area contributed by atoms with E-state index in [4.69, 9.17) is 14.2 Å². The van der Waals surface area contributed by atoms with Gasteiger partial charge in [-0.1, -0.05) is 60.7 Å². The fourth-order valence-corrected chi connectivity index (χ4v) is 4.59. The molecule has 180 valence electrons. The molecule has 0 amide bonds. The van der Waals surface area contributed by atoms with E-state index in [2.05, 4.69) is 48.2 Å². The fourth-order valence-electron chi connectivity index (χ4n) is 4.59. The van der Waals surface area contributed by atoms with E-state index in [9.17, 15) is 4.79 Å². The van der Waals surface area contributed by atoms with E-state index in [1.165, 1.54) is 11.1 Å². The van der Waals surface area contributed by atoms with Gasteiger partial charge in [0, 0.05) is 18.6 Å². The molecule has 33 heavy (non-hydrogen) atoms. The van der Waals surface area contributed by atoms with Crippen molar-refractivity contribution < 1.29 is 19.0 Å². The van der Waals surface area contributed by atoms with Crippen LogP contribution in [0, 0.1) is 0 Å². The van der Waals surface area contributed by atoms with Gasteiger partial charge < -0.3 is 14.2 Å². The molecule has 0 saturated carbocycles. The third-order valence-corrected chi connectivity index (χ3v) is 5.94. The number of carbonyl (C=O) groups is 1. The molecule has 1 aliphatic rings. The third kappa shape index (κ3) is 7.13. The minimum atomic E-state index is -0.704. The topological polar surface area (TPSA) is 48.0 Å². The maximum absolute atomic E-state index is 13.1. The Hall–Kier alpha value is -2.21. The summed E-state index contributed by atoms with van der Waals surface area (Å²) >= 11 is 0. The second-order valence-electron chi connectivity index (χ2n) is 10.4. The highest BCUT2D eigenvalue weighted by Gasteiger charge is 2.46. The van der Waals surface area contributed by atoms with Crippen molar-refractivity contribution in [3.63, 3.8) is 0 Å². The smallest absolute Gasteiger partial charge is 0.308 e. The maximum atomic E-state index is 13.1. The number of ether oxygens (including phenoxy) is 3. The van der Waals surface area contributed by atoms with Crippen molar-refractivity contribution in [2.45, 2.75) is 97.1 Å². The highest BCUT2D eigenvalue weighted by atomic mass is 16.8. The highest BCUT2D eigenvalue weighted by molar-refractivity contribution is 5.70. The summed E-state index contributed by atoms with van der Waals surface area (Å²) in [6.45, 7) is 14.4. The van der Waals surface area contributed by atoms with Crippen LogP contribution >= 0.6 is 0 Å². The van der Waals surface area contributed by atoms with Gasteiger partial charge in [-0.2, -0.15) is 0 Å². The summed E-state index contributed by atoms with van der Waals surface area (Å²) in [5.74, 6) is -0.934. The zero-order valence-electron chi connectivity index (χ0n) is 21.1. The summed E-state index contributed by atoms with van der Waals surface area (Å²) in [5.41, 5.74) is 1.82. The molecule has 0 aromatic heterocycles. The first-order valence-electron chi connectivity index (χ1n) is 11.9. The Bertz CT molecular complexity index is 891. The molecule has 0 aliphatic carbocycles. The quantitative estimate of drug-likeness (QED) is 0.467. The molecule has 1 heterocycles. The summed E-state index contributed by atoms with van der Waals surface area (Å²) in [6.07, 6.45) is -0.216. The van der Waals surface area contributed by atoms with Gasteiger partial charge in [0.2, 0.25) is 0 Å². The molecule has 5 nitrogen and oxygen atoms in total. The standard InChI is InChI=1S/C28H39NO4/c1-20(23-16-12-9-13-17-23)29(19-22-14-10-8-11-15-22)24(18-25(30)32-27(3,4)5)26-21(2)31-28(6,7)33-26/h8-17,20-21,24,26H,18-19H2,1-7H3/t20-,21-,24-,26-/m0/s1. The van der Waals surface area contributed by atoms with Crippen LogP contribution in [-0.2, 0) is 25.5 Å². The van der Waals surface area contributed by atoms with Gasteiger partial charge in [-0.3, -0.25) is 9.69 Å². The molecule has 3 rings (SSSR count). The molecular formula is C28H39NO4. The van der Waals surface area contributed by atoms with Gasteiger partial charge in [0.15, 0.2) is 5.79 Å². The fraction of sp³-hybridized carbons (Fsp3) is 0.536. The number of nitrogens with zero attached hydrogens (tertiary/aromatic N) is 1. The van der Waals surface area contributed by atoms with Gasteiger partial charge in [0.1, 0.15) is 11.7 Å². The Labute approximate surface area is 199 Å². The lowest BCUT2D eigenvalue weighted by atomic mass is 9.96. The minimum Gasteiger partial charge on any atom is -0.460 e. The number of carbonyl (C=O) groups excluding carboxylic acids is 1. The van der Waals surface area contributed by atoms with Crippen LogP contribution in [0.1, 0.15) is 72.1 Å². The van der Waals surface area contributed by atoms with Gasteiger partial charge in [0.05, 0.1) is 12.5 Å². The number of benzene rings is 2. The number of hydrogen-bond acceptors (Lipinski definition) is 5. The van der Waals surface area contributed by atoms with Crippen molar-refractivity contribution in [1.29, 1.82) is 0 Å². The van der Waals surface area contributed by atoms with Gasteiger partial charge >= 0.3 is 5.97 Å². The lowest BCUT2D eigenvalue weighted by molar-refractivity contribution is -0.165. The third-order valence-electron chi connectivity index (χ3n) is 5.94. The van der Waals surface area contributed by atoms with E-state index >= 15 is 0 Å². The molecule has 2 aromatic rings. The summed E-state index contributed by atoms with van der Waals surface area (Å²) in [7, 11) is 0. The van der Waals surface area contributed by atoms with Gasteiger partial charge in [-0.25, -0.2) is 0 Å². The Kier molecular flexibility index (Phi) is 7.99. The lowest BCUT2D eigenvalue weighted by Gasteiger charge is -2.40. The molecule has 1 saturated heterocycles. The molecule has 0 N–H and O–H groups in total. The molecule has 1 aliphatic heterocycles. The van der Waals surface area contributed by atoms with Crippen LogP contribution < -0.4 is 0 Å². The Morgan fingerprint density at radius 2 is 1.61 bits per heavy atom. The van der Waals surface area contributed by atoms with Crippen LogP contribution in [0.2, 0.25) is 0 Å². The van der Waals surface area contributed by atoms with Crippen LogP contribution in [0.15, 0.2) is 60.7 Å². The van der Waals surface area contributed by atoms with Crippen molar-refractivity contribution in [2.75, 3.05) is 0 Å². The van der Waals surface area contributed by atoms with E-state index < -0.39 is 11.4 Å². The Morgan fingerprint density at radius 1 is 1.03 bits per heavy atom. The molecule has 5 heteroatoms. The molecule has 0 unspecified atom stereocenters. The summed E-state index contributed by atoms with van der Waals surface area (Å²) < 4.78 is 18.2. The minimum absolute atomic E-state index is 0.0540. The maximum Gasteiger partial charge on any atom is 0.308 e. The zero-order valence-corrected chi connectivity index (χ0v) is 21.1. The largest absolute Gasteiger partial charge is 0.460 e. The van der Waals surface area contributed by atoms with E-state index in [0.29, 0.717) is 6.54 Å². The van der Waals surface area contributed by atoms with Crippen molar-refractivity contribution in [1.82, 2.24) is 4.90 Å². The van der Waals surface area contributed by atoms with Crippen molar-refractivity contribution in [3.8, 4) is 0 Å². The first-order chi connectivity index (χ1) is 15.5. The van der Waals surface area contributed by atoms with E-state index in [1.54, 1.807) is 0 Å². The predicted octanol–water partition coefficient (Wildman–Crippen LogP) is 5.89. The normalized spacial score (nSPS) is 22.2. The van der Waals surface area contributed by atoms with Crippen LogP contribution in [0.25, 0.3) is 0 Å². The van der Waals surface area contributed by atoms with Crippen LogP contribution in [0.4, 0.5) is 0 Å². The summed E-state index contributed by atoms with van der Waals surface area (Å²) in [6, 6.07) is 20.6. The van der Waals surface area contributed by atoms with Gasteiger partial charge in [-0.15, -0.1) is 0 Å². The number of esters is 1. The monoisotopic (exact) mass is 453 g/mol. The Morgan fingerprint density at radius 3 is 2.12 bits per heavy atom. The van der Waals surface area contributed by atoms with Crippen LogP contribution in [-0.4, -0.2) is 40.5 Å². The van der Waals surface area contributed by atoms with E-state index in [0.717, 1.165) is 0 Å². The summed E-state index contributed by atoms with van der Waals surface area (Å²) in [4.78, 5) is 15.4. The van der Waals surface area contributed by atoms with E-state index in [-0.39, 0.29) is 36.7 Å². The first-order valence-corrected chi connectivity index (χ1v) is 11.9. The molecule has 0 spiro atoms. The molecular weight excluding hydrogens is 414 g/mol. The van der Waals surface area contributed by atoms with Crippen LogP contribution in [0.3, 0.4) is 0 Å². The van der Waals surface area contributed by atoms with Crippen molar-refractivity contribution in [2.24, 2.45) is 0 Å². The Balaban J connectivity index is 2.00. The molecule has 0 radical (unpaired) electrons. The molecule has 4 atom stereocenters. The van der Waals surface area contributed by atoms with Gasteiger partial charge in [0.25, 0.3) is 0 Å². The van der Waals surface area contributed by atoms with Crippen LogP contribution in [0.5, 0.6) is 0 Å². The van der Waals surface area contributed by atoms with Crippen molar-refractivity contribution in [3.05, 3.63) is 71.8 Å². The first kappa shape index (κ1) is 25.4. The van der Waals surface area contributed by atoms with Gasteiger partial charge in [-0.05, 0) is 59.6 Å². The number of hydrogen-bond donors (Lipinski definition) is 0. The molecule has 0 bridgehead atoms. The average Bonchev–Trinajstić information content (AvgIpc) is 3.02. The highest BCUT2D eigenvalue weighted by Crippen LogP contribution is 2.36. The average molecular weight is 454 g/mol. The second-order valence-corrected chi connectivity index (χ2v) is 10.4. The lowest BCUT2D eigenvalue weighted by Crippen LogP contribution is -2.49.